The monoisotopic (exact) mass is 253 g/mol. The number of hydrogen-bond acceptors (Lipinski definition) is 5. The molecule has 0 aliphatic rings. The van der Waals surface area contributed by atoms with Crippen LogP contribution in [0.15, 0.2) is 10.9 Å². The highest BCUT2D eigenvalue weighted by Gasteiger charge is 2.27. The van der Waals surface area contributed by atoms with Crippen LogP contribution in [0.4, 0.5) is 13.2 Å². The molecule has 0 unspecified atom stereocenters. The van der Waals surface area contributed by atoms with Crippen LogP contribution in [-0.4, -0.2) is 42.6 Å². The van der Waals surface area contributed by atoms with Gasteiger partial charge in [-0.15, -0.1) is 0 Å². The fourth-order valence-corrected chi connectivity index (χ4v) is 1.11. The summed E-state index contributed by atoms with van der Waals surface area (Å²) < 4.78 is 44.0. The Kier molecular flexibility index (Phi) is 5.92. The van der Waals surface area contributed by atoms with Crippen molar-refractivity contribution < 1.29 is 22.4 Å². The van der Waals surface area contributed by atoms with Crippen LogP contribution < -0.4 is 5.32 Å². The molecule has 5 nitrogen and oxygen atoms in total. The molecule has 0 radical (unpaired) electrons. The minimum atomic E-state index is -4.24. The van der Waals surface area contributed by atoms with E-state index in [1.54, 1.807) is 0 Å². The van der Waals surface area contributed by atoms with E-state index < -0.39 is 12.8 Å². The van der Waals surface area contributed by atoms with Crippen LogP contribution in [0.5, 0.6) is 0 Å². The average molecular weight is 253 g/mol. The first-order valence-electron chi connectivity index (χ1n) is 5.18. The summed E-state index contributed by atoms with van der Waals surface area (Å²) in [5.74, 6) is 0.603. The molecule has 1 aromatic heterocycles. The van der Waals surface area contributed by atoms with Crippen molar-refractivity contribution in [3.05, 3.63) is 12.2 Å². The predicted octanol–water partition coefficient (Wildman–Crippen LogP) is 1.17. The number of nitrogens with zero attached hydrogens (tertiary/aromatic N) is 2. The molecule has 8 heteroatoms. The van der Waals surface area contributed by atoms with E-state index in [9.17, 15) is 13.2 Å². The van der Waals surface area contributed by atoms with Gasteiger partial charge in [0, 0.05) is 19.6 Å². The lowest BCUT2D eigenvalue weighted by molar-refractivity contribution is -0.173. The molecule has 0 aliphatic carbocycles. The Hall–Kier alpha value is -1.15. The van der Waals surface area contributed by atoms with Crippen molar-refractivity contribution in [1.82, 2.24) is 15.5 Å². The van der Waals surface area contributed by atoms with Gasteiger partial charge in [0.05, 0.1) is 0 Å². The molecule has 0 saturated carbocycles. The van der Waals surface area contributed by atoms with E-state index in [0.717, 1.165) is 0 Å². The molecule has 0 fully saturated rings. The summed E-state index contributed by atoms with van der Waals surface area (Å²) >= 11 is 0. The quantitative estimate of drug-likeness (QED) is 0.705. The number of ether oxygens (including phenoxy) is 1. The number of aromatic nitrogens is 2. The molecular formula is C9H14F3N3O2. The zero-order valence-corrected chi connectivity index (χ0v) is 9.16. The molecule has 1 heterocycles. The van der Waals surface area contributed by atoms with E-state index >= 15 is 0 Å². The second kappa shape index (κ2) is 7.23. The zero-order chi connectivity index (χ0) is 12.6. The second-order valence-corrected chi connectivity index (χ2v) is 3.37. The van der Waals surface area contributed by atoms with Crippen LogP contribution in [0.25, 0.3) is 0 Å². The lowest BCUT2D eigenvalue weighted by Gasteiger charge is -2.07. The summed E-state index contributed by atoms with van der Waals surface area (Å²) in [6.45, 7) is 0.152. The summed E-state index contributed by atoms with van der Waals surface area (Å²) in [7, 11) is 0. The summed E-state index contributed by atoms with van der Waals surface area (Å²) in [5, 5.41) is 6.65. The van der Waals surface area contributed by atoms with Gasteiger partial charge in [0.15, 0.2) is 5.82 Å². The van der Waals surface area contributed by atoms with Crippen LogP contribution in [-0.2, 0) is 11.2 Å². The Morgan fingerprint density at radius 3 is 2.82 bits per heavy atom. The molecule has 1 N–H and O–H groups in total. The lowest BCUT2D eigenvalue weighted by atomic mass is 10.4. The molecule has 0 spiro atoms. The van der Waals surface area contributed by atoms with E-state index in [1.807, 2.05) is 0 Å². The van der Waals surface area contributed by atoms with Crippen LogP contribution >= 0.6 is 0 Å². The van der Waals surface area contributed by atoms with E-state index in [0.29, 0.717) is 31.8 Å². The van der Waals surface area contributed by atoms with Crippen LogP contribution in [0.3, 0.4) is 0 Å². The van der Waals surface area contributed by atoms with E-state index in [2.05, 4.69) is 24.7 Å². The van der Waals surface area contributed by atoms with Gasteiger partial charge in [-0.1, -0.05) is 5.16 Å². The minimum Gasteiger partial charge on any atom is -0.372 e. The average Bonchev–Trinajstić information content (AvgIpc) is 2.73. The second-order valence-electron chi connectivity index (χ2n) is 3.37. The van der Waals surface area contributed by atoms with Gasteiger partial charge in [-0.05, 0) is 13.0 Å². The molecule has 0 bridgehead atoms. The van der Waals surface area contributed by atoms with Gasteiger partial charge in [-0.2, -0.15) is 18.2 Å². The van der Waals surface area contributed by atoms with Crippen molar-refractivity contribution in [2.45, 2.75) is 19.0 Å². The van der Waals surface area contributed by atoms with Crippen molar-refractivity contribution in [2.75, 3.05) is 26.3 Å². The summed E-state index contributed by atoms with van der Waals surface area (Å²) in [6.07, 6.45) is -1.84. The molecule has 98 valence electrons. The number of halogens is 3. The summed E-state index contributed by atoms with van der Waals surface area (Å²) in [6, 6.07) is 0. The van der Waals surface area contributed by atoms with Crippen molar-refractivity contribution in [1.29, 1.82) is 0 Å². The fourth-order valence-electron chi connectivity index (χ4n) is 1.11. The third-order valence-electron chi connectivity index (χ3n) is 1.84. The van der Waals surface area contributed by atoms with Crippen molar-refractivity contribution in [3.8, 4) is 0 Å². The maximum atomic E-state index is 11.7. The molecule has 1 aromatic rings. The van der Waals surface area contributed by atoms with E-state index in [-0.39, 0.29) is 6.61 Å². The highest BCUT2D eigenvalue weighted by Crippen LogP contribution is 2.14. The summed E-state index contributed by atoms with van der Waals surface area (Å²) in [5.41, 5.74) is 0. The first kappa shape index (κ1) is 13.9. The van der Waals surface area contributed by atoms with Crippen molar-refractivity contribution >= 4 is 0 Å². The molecule has 0 aromatic carbocycles. The maximum absolute atomic E-state index is 11.7. The molecule has 0 atom stereocenters. The third kappa shape index (κ3) is 7.70. The predicted molar refractivity (Wildman–Crippen MR) is 52.4 cm³/mol. The Balaban J connectivity index is 1.85. The lowest BCUT2D eigenvalue weighted by Crippen LogP contribution is -2.22. The van der Waals surface area contributed by atoms with Crippen molar-refractivity contribution in [3.63, 3.8) is 0 Å². The van der Waals surface area contributed by atoms with Gasteiger partial charge in [-0.3, -0.25) is 0 Å². The van der Waals surface area contributed by atoms with Gasteiger partial charge in [0.25, 0.3) is 0 Å². The zero-order valence-electron chi connectivity index (χ0n) is 9.16. The Morgan fingerprint density at radius 2 is 2.18 bits per heavy atom. The SMILES string of the molecule is FC(F)(F)COCCCNCCc1ncon1. The first-order chi connectivity index (χ1) is 8.08. The highest BCUT2D eigenvalue weighted by molar-refractivity contribution is 4.78. The Morgan fingerprint density at radius 1 is 1.35 bits per heavy atom. The fraction of sp³-hybridized carbons (Fsp3) is 0.778. The molecular weight excluding hydrogens is 239 g/mol. The van der Waals surface area contributed by atoms with Gasteiger partial charge >= 0.3 is 6.18 Å². The van der Waals surface area contributed by atoms with Crippen molar-refractivity contribution in [2.24, 2.45) is 0 Å². The molecule has 1 rings (SSSR count). The first-order valence-corrected chi connectivity index (χ1v) is 5.18. The molecule has 0 amide bonds. The number of hydrogen-bond donors (Lipinski definition) is 1. The maximum Gasteiger partial charge on any atom is 0.411 e. The van der Waals surface area contributed by atoms with Crippen LogP contribution in [0.1, 0.15) is 12.2 Å². The topological polar surface area (TPSA) is 60.2 Å². The normalized spacial score (nSPS) is 11.9. The van der Waals surface area contributed by atoms with E-state index in [1.165, 1.54) is 6.39 Å². The van der Waals surface area contributed by atoms with E-state index in [4.69, 9.17) is 0 Å². The minimum absolute atomic E-state index is 0.0920. The van der Waals surface area contributed by atoms with Gasteiger partial charge in [0.1, 0.15) is 6.61 Å². The largest absolute Gasteiger partial charge is 0.411 e. The van der Waals surface area contributed by atoms with Gasteiger partial charge < -0.3 is 14.6 Å². The molecule has 0 saturated heterocycles. The highest BCUT2D eigenvalue weighted by atomic mass is 19.4. The smallest absolute Gasteiger partial charge is 0.372 e. The number of rotatable bonds is 8. The van der Waals surface area contributed by atoms with Crippen LogP contribution in [0.2, 0.25) is 0 Å². The van der Waals surface area contributed by atoms with Crippen LogP contribution in [0, 0.1) is 0 Å². The number of alkyl halides is 3. The number of nitrogens with one attached hydrogen (secondary N) is 1. The van der Waals surface area contributed by atoms with Gasteiger partial charge in [-0.25, -0.2) is 0 Å². The Labute approximate surface area is 96.3 Å². The van der Waals surface area contributed by atoms with Gasteiger partial charge in [0.2, 0.25) is 6.39 Å². The Bertz CT molecular complexity index is 290. The molecule has 17 heavy (non-hydrogen) atoms. The standard InChI is InChI=1S/C9H14F3N3O2/c10-9(11,12)6-16-5-1-3-13-4-2-8-14-7-17-15-8/h7,13H,1-6H2. The molecule has 0 aliphatic heterocycles. The third-order valence-corrected chi connectivity index (χ3v) is 1.84. The summed E-state index contributed by atoms with van der Waals surface area (Å²) in [4.78, 5) is 3.82.